The minimum absolute atomic E-state index is 0.623. The number of hydrogen-bond acceptors (Lipinski definition) is 5. The maximum absolute atomic E-state index is 5.24. The van der Waals surface area contributed by atoms with E-state index in [2.05, 4.69) is 27.5 Å². The van der Waals surface area contributed by atoms with Crippen LogP contribution in [0.5, 0.6) is 0 Å². The Morgan fingerprint density at radius 3 is 3.00 bits per heavy atom. The van der Waals surface area contributed by atoms with Crippen LogP contribution in [0.15, 0.2) is 35.1 Å². The molecule has 0 saturated heterocycles. The highest BCUT2D eigenvalue weighted by Crippen LogP contribution is 2.08. The second-order valence-electron chi connectivity index (χ2n) is 3.98. The standard InChI is InChI=1S/C13H18N4O/c1-2-3-7-14-13-15-8-6-12(17-13)16-10-11-5-4-9-18-11/h4-6,8-9H,2-3,7,10H2,1H3,(H2,14,15,16,17). The molecule has 2 rings (SSSR count). The van der Waals surface area contributed by atoms with Crippen molar-refractivity contribution in [1.29, 1.82) is 0 Å². The average molecular weight is 246 g/mol. The van der Waals surface area contributed by atoms with Crippen molar-refractivity contribution in [2.75, 3.05) is 17.2 Å². The predicted octanol–water partition coefficient (Wildman–Crippen LogP) is 2.89. The molecule has 2 aromatic rings. The lowest BCUT2D eigenvalue weighted by molar-refractivity contribution is 0.518. The summed E-state index contributed by atoms with van der Waals surface area (Å²) in [5.74, 6) is 2.34. The lowest BCUT2D eigenvalue weighted by Gasteiger charge is -2.06. The SMILES string of the molecule is CCCCNc1nccc(NCc2ccco2)n1. The van der Waals surface area contributed by atoms with Gasteiger partial charge in [-0.2, -0.15) is 4.98 Å². The van der Waals surface area contributed by atoms with E-state index in [0.717, 1.165) is 31.0 Å². The molecule has 0 radical (unpaired) electrons. The largest absolute Gasteiger partial charge is 0.467 e. The minimum atomic E-state index is 0.623. The van der Waals surface area contributed by atoms with Crippen LogP contribution in [0.3, 0.4) is 0 Å². The summed E-state index contributed by atoms with van der Waals surface area (Å²) in [6.45, 7) is 3.68. The van der Waals surface area contributed by atoms with E-state index >= 15 is 0 Å². The highest BCUT2D eigenvalue weighted by atomic mass is 16.3. The molecule has 0 aliphatic carbocycles. The van der Waals surface area contributed by atoms with Gasteiger partial charge in [0.2, 0.25) is 5.95 Å². The molecule has 0 aliphatic heterocycles. The van der Waals surface area contributed by atoms with Gasteiger partial charge in [-0.05, 0) is 24.6 Å². The third-order valence-corrected chi connectivity index (χ3v) is 2.49. The molecule has 2 aromatic heterocycles. The molecule has 0 saturated carbocycles. The average Bonchev–Trinajstić information content (AvgIpc) is 2.90. The van der Waals surface area contributed by atoms with Gasteiger partial charge in [0.15, 0.2) is 0 Å². The van der Waals surface area contributed by atoms with Gasteiger partial charge in [0, 0.05) is 12.7 Å². The van der Waals surface area contributed by atoms with Crippen molar-refractivity contribution in [3.63, 3.8) is 0 Å². The van der Waals surface area contributed by atoms with Gasteiger partial charge >= 0.3 is 0 Å². The lowest BCUT2D eigenvalue weighted by Crippen LogP contribution is -2.07. The molecule has 2 N–H and O–H groups in total. The van der Waals surface area contributed by atoms with Crippen LogP contribution in [0.4, 0.5) is 11.8 Å². The Bertz CT molecular complexity index is 456. The van der Waals surface area contributed by atoms with Crippen molar-refractivity contribution in [2.45, 2.75) is 26.3 Å². The van der Waals surface area contributed by atoms with Crippen molar-refractivity contribution < 1.29 is 4.42 Å². The summed E-state index contributed by atoms with van der Waals surface area (Å²) < 4.78 is 5.24. The number of aromatic nitrogens is 2. The minimum Gasteiger partial charge on any atom is -0.467 e. The molecule has 0 spiro atoms. The third-order valence-electron chi connectivity index (χ3n) is 2.49. The molecule has 96 valence electrons. The highest BCUT2D eigenvalue weighted by molar-refractivity contribution is 5.39. The normalized spacial score (nSPS) is 10.3. The Morgan fingerprint density at radius 1 is 1.28 bits per heavy atom. The Balaban J connectivity index is 1.86. The Kier molecular flexibility index (Phi) is 4.58. The van der Waals surface area contributed by atoms with Crippen LogP contribution in [0.2, 0.25) is 0 Å². The van der Waals surface area contributed by atoms with E-state index in [1.807, 2.05) is 18.2 Å². The van der Waals surface area contributed by atoms with Crippen LogP contribution in [0.25, 0.3) is 0 Å². The maximum Gasteiger partial charge on any atom is 0.224 e. The number of rotatable bonds is 7. The predicted molar refractivity (Wildman–Crippen MR) is 71.5 cm³/mol. The first kappa shape index (κ1) is 12.4. The van der Waals surface area contributed by atoms with Crippen molar-refractivity contribution in [2.24, 2.45) is 0 Å². The summed E-state index contributed by atoms with van der Waals surface area (Å²) in [5, 5.41) is 6.39. The molecule has 5 nitrogen and oxygen atoms in total. The summed E-state index contributed by atoms with van der Waals surface area (Å²) in [4.78, 5) is 8.54. The number of hydrogen-bond donors (Lipinski definition) is 2. The monoisotopic (exact) mass is 246 g/mol. The van der Waals surface area contributed by atoms with Crippen molar-refractivity contribution >= 4 is 11.8 Å². The van der Waals surface area contributed by atoms with Crippen LogP contribution in [0, 0.1) is 0 Å². The molecule has 2 heterocycles. The summed E-state index contributed by atoms with van der Waals surface area (Å²) in [6.07, 6.45) is 5.68. The first-order chi connectivity index (χ1) is 8.88. The second-order valence-corrected chi connectivity index (χ2v) is 3.98. The summed E-state index contributed by atoms with van der Waals surface area (Å²) >= 11 is 0. The number of nitrogens with zero attached hydrogens (tertiary/aromatic N) is 2. The van der Waals surface area contributed by atoms with Crippen molar-refractivity contribution in [1.82, 2.24) is 9.97 Å². The van der Waals surface area contributed by atoms with E-state index in [1.165, 1.54) is 0 Å². The van der Waals surface area contributed by atoms with Crippen LogP contribution < -0.4 is 10.6 Å². The van der Waals surface area contributed by atoms with Gasteiger partial charge in [0.05, 0.1) is 12.8 Å². The molecule has 5 heteroatoms. The van der Waals surface area contributed by atoms with Crippen LogP contribution in [0.1, 0.15) is 25.5 Å². The molecule has 0 unspecified atom stereocenters. The molecular weight excluding hydrogens is 228 g/mol. The molecule has 0 atom stereocenters. The zero-order valence-corrected chi connectivity index (χ0v) is 10.5. The zero-order chi connectivity index (χ0) is 12.6. The van der Waals surface area contributed by atoms with Gasteiger partial charge in [-0.1, -0.05) is 13.3 Å². The fraction of sp³-hybridized carbons (Fsp3) is 0.385. The highest BCUT2D eigenvalue weighted by Gasteiger charge is 1.99. The van der Waals surface area contributed by atoms with Crippen LogP contribution in [-0.4, -0.2) is 16.5 Å². The van der Waals surface area contributed by atoms with E-state index in [0.29, 0.717) is 12.5 Å². The molecule has 0 bridgehead atoms. The second kappa shape index (κ2) is 6.64. The fourth-order valence-electron chi connectivity index (χ4n) is 1.51. The van der Waals surface area contributed by atoms with Gasteiger partial charge in [-0.15, -0.1) is 0 Å². The van der Waals surface area contributed by atoms with E-state index in [4.69, 9.17) is 4.42 Å². The maximum atomic E-state index is 5.24. The fourth-order valence-corrected chi connectivity index (χ4v) is 1.51. The molecule has 0 aromatic carbocycles. The van der Waals surface area contributed by atoms with Gasteiger partial charge in [-0.3, -0.25) is 0 Å². The Hall–Kier alpha value is -2.04. The van der Waals surface area contributed by atoms with Crippen molar-refractivity contribution in [3.05, 3.63) is 36.4 Å². The van der Waals surface area contributed by atoms with Gasteiger partial charge < -0.3 is 15.1 Å². The molecule has 18 heavy (non-hydrogen) atoms. The topological polar surface area (TPSA) is 63.0 Å². The van der Waals surface area contributed by atoms with E-state index in [9.17, 15) is 0 Å². The van der Waals surface area contributed by atoms with E-state index in [1.54, 1.807) is 12.5 Å². The number of anilines is 2. The Morgan fingerprint density at radius 2 is 2.22 bits per heavy atom. The van der Waals surface area contributed by atoms with Crippen molar-refractivity contribution in [3.8, 4) is 0 Å². The quantitative estimate of drug-likeness (QED) is 0.735. The first-order valence-electron chi connectivity index (χ1n) is 6.21. The number of nitrogens with one attached hydrogen (secondary N) is 2. The smallest absolute Gasteiger partial charge is 0.224 e. The number of furan rings is 1. The number of unbranched alkanes of at least 4 members (excludes halogenated alkanes) is 1. The molecule has 0 amide bonds. The molecule has 0 fully saturated rings. The Labute approximate surface area is 107 Å². The van der Waals surface area contributed by atoms with E-state index in [-0.39, 0.29) is 0 Å². The van der Waals surface area contributed by atoms with Crippen LogP contribution in [-0.2, 0) is 6.54 Å². The zero-order valence-electron chi connectivity index (χ0n) is 10.5. The molecule has 0 aliphatic rings. The molecular formula is C13H18N4O. The summed E-state index contributed by atoms with van der Waals surface area (Å²) in [6, 6.07) is 5.64. The van der Waals surface area contributed by atoms with Gasteiger partial charge in [-0.25, -0.2) is 4.98 Å². The lowest BCUT2D eigenvalue weighted by atomic mass is 10.3. The third kappa shape index (κ3) is 3.76. The van der Waals surface area contributed by atoms with Gasteiger partial charge in [0.1, 0.15) is 11.6 Å². The summed E-state index contributed by atoms with van der Waals surface area (Å²) in [5.41, 5.74) is 0. The summed E-state index contributed by atoms with van der Waals surface area (Å²) in [7, 11) is 0. The van der Waals surface area contributed by atoms with Crippen LogP contribution >= 0.6 is 0 Å². The van der Waals surface area contributed by atoms with E-state index < -0.39 is 0 Å². The first-order valence-corrected chi connectivity index (χ1v) is 6.21. The van der Waals surface area contributed by atoms with Gasteiger partial charge in [0.25, 0.3) is 0 Å².